The number of nitrogens with zero attached hydrogens (tertiary/aromatic N) is 1. The third-order valence-electron chi connectivity index (χ3n) is 2.01. The second-order valence-electron chi connectivity index (χ2n) is 5.00. The molecule has 0 heterocycles. The highest BCUT2D eigenvalue weighted by Crippen LogP contribution is 2.16. The van der Waals surface area contributed by atoms with Crippen molar-refractivity contribution in [3.63, 3.8) is 0 Å². The number of nitrogens with one attached hydrogen (secondary N) is 2. The number of rotatable bonds is 5. The van der Waals surface area contributed by atoms with Crippen LogP contribution in [0, 0.1) is 5.41 Å². The first-order chi connectivity index (χ1) is 6.99. The fourth-order valence-electron chi connectivity index (χ4n) is 1.12. The zero-order valence-electron chi connectivity index (χ0n) is 11.0. The van der Waals surface area contributed by atoms with Crippen molar-refractivity contribution in [3.8, 4) is 0 Å². The Labute approximate surface area is 94.7 Å². The Balaban J connectivity index is 3.85. The average molecular weight is 213 g/mol. The topological polar surface area (TPSA) is 36.4 Å². The molecule has 0 aromatic heterocycles. The Hall–Kier alpha value is -0.730. The molecule has 0 radical (unpaired) electrons. The molecule has 3 nitrogen and oxygen atoms in total. The van der Waals surface area contributed by atoms with Crippen LogP contribution in [0.1, 0.15) is 47.5 Å². The van der Waals surface area contributed by atoms with Crippen molar-refractivity contribution in [2.75, 3.05) is 19.6 Å². The largest absolute Gasteiger partial charge is 0.357 e. The smallest absolute Gasteiger partial charge is 0.191 e. The van der Waals surface area contributed by atoms with Gasteiger partial charge in [0.2, 0.25) is 0 Å². The third-order valence-corrected chi connectivity index (χ3v) is 2.01. The summed E-state index contributed by atoms with van der Waals surface area (Å²) in [6.45, 7) is 13.8. The predicted octanol–water partition coefficient (Wildman–Crippen LogP) is 2.39. The zero-order chi connectivity index (χ0) is 11.7. The van der Waals surface area contributed by atoms with Crippen molar-refractivity contribution in [3.05, 3.63) is 0 Å². The van der Waals surface area contributed by atoms with Crippen LogP contribution in [0.3, 0.4) is 0 Å². The molecule has 90 valence electrons. The lowest BCUT2D eigenvalue weighted by molar-refractivity contribution is 0.377. The summed E-state index contributed by atoms with van der Waals surface area (Å²) in [5.41, 5.74) is 0.384. The molecule has 0 aromatic carbocycles. The highest BCUT2D eigenvalue weighted by atomic mass is 15.2. The van der Waals surface area contributed by atoms with E-state index in [1.807, 2.05) is 0 Å². The SMILES string of the molecule is CCCN=C(NCC)NCCC(C)(C)C. The first-order valence-corrected chi connectivity index (χ1v) is 6.01. The molecule has 0 unspecified atom stereocenters. The normalized spacial score (nSPS) is 12.7. The summed E-state index contributed by atoms with van der Waals surface area (Å²) >= 11 is 0. The number of aliphatic imine (C=N–C) groups is 1. The van der Waals surface area contributed by atoms with E-state index in [9.17, 15) is 0 Å². The number of guanidine groups is 1. The van der Waals surface area contributed by atoms with Crippen LogP contribution in [0.5, 0.6) is 0 Å². The second-order valence-corrected chi connectivity index (χ2v) is 5.00. The predicted molar refractivity (Wildman–Crippen MR) is 68.3 cm³/mol. The minimum atomic E-state index is 0.384. The Morgan fingerprint density at radius 3 is 2.27 bits per heavy atom. The maximum Gasteiger partial charge on any atom is 0.191 e. The Bertz CT molecular complexity index is 180. The molecule has 0 aliphatic carbocycles. The average Bonchev–Trinajstić information content (AvgIpc) is 2.12. The molecule has 0 aliphatic heterocycles. The van der Waals surface area contributed by atoms with E-state index in [0.717, 1.165) is 38.4 Å². The zero-order valence-corrected chi connectivity index (χ0v) is 11.0. The minimum Gasteiger partial charge on any atom is -0.357 e. The van der Waals surface area contributed by atoms with Crippen LogP contribution < -0.4 is 10.6 Å². The second kappa shape index (κ2) is 7.55. The summed E-state index contributed by atoms with van der Waals surface area (Å²) < 4.78 is 0. The van der Waals surface area contributed by atoms with Gasteiger partial charge in [0.05, 0.1) is 0 Å². The highest BCUT2D eigenvalue weighted by Gasteiger charge is 2.09. The van der Waals surface area contributed by atoms with E-state index in [4.69, 9.17) is 0 Å². The summed E-state index contributed by atoms with van der Waals surface area (Å²) in [4.78, 5) is 4.45. The van der Waals surface area contributed by atoms with Gasteiger partial charge in [0.25, 0.3) is 0 Å². The van der Waals surface area contributed by atoms with Crippen LogP contribution in [0.25, 0.3) is 0 Å². The lowest BCUT2D eigenvalue weighted by Crippen LogP contribution is -2.38. The first kappa shape index (κ1) is 14.3. The van der Waals surface area contributed by atoms with Crippen LogP contribution >= 0.6 is 0 Å². The third kappa shape index (κ3) is 9.57. The minimum absolute atomic E-state index is 0.384. The molecule has 0 bridgehead atoms. The monoisotopic (exact) mass is 213 g/mol. The number of hydrogen-bond acceptors (Lipinski definition) is 1. The Morgan fingerprint density at radius 2 is 1.80 bits per heavy atom. The first-order valence-electron chi connectivity index (χ1n) is 6.01. The lowest BCUT2D eigenvalue weighted by Gasteiger charge is -2.19. The standard InChI is InChI=1S/C12H27N3/c1-6-9-14-11(13-7-2)15-10-8-12(3,4)5/h6-10H2,1-5H3,(H2,13,14,15). The summed E-state index contributed by atoms with van der Waals surface area (Å²) in [5, 5.41) is 6.59. The summed E-state index contributed by atoms with van der Waals surface area (Å²) in [5.74, 6) is 0.948. The molecule has 0 spiro atoms. The van der Waals surface area contributed by atoms with Crippen molar-refractivity contribution in [2.45, 2.75) is 47.5 Å². The molecular formula is C12H27N3. The Kier molecular flexibility index (Phi) is 7.18. The van der Waals surface area contributed by atoms with Crippen molar-refractivity contribution >= 4 is 5.96 Å². The quantitative estimate of drug-likeness (QED) is 0.543. The fraction of sp³-hybridized carbons (Fsp3) is 0.917. The molecule has 2 N–H and O–H groups in total. The summed E-state index contributed by atoms with van der Waals surface area (Å²) in [6.07, 6.45) is 2.25. The van der Waals surface area contributed by atoms with Gasteiger partial charge in [0, 0.05) is 19.6 Å². The van der Waals surface area contributed by atoms with Gasteiger partial charge in [-0.05, 0) is 25.2 Å². The van der Waals surface area contributed by atoms with Gasteiger partial charge in [-0.2, -0.15) is 0 Å². The number of hydrogen-bond donors (Lipinski definition) is 2. The van der Waals surface area contributed by atoms with Gasteiger partial charge in [0.1, 0.15) is 0 Å². The maximum atomic E-state index is 4.45. The van der Waals surface area contributed by atoms with E-state index < -0.39 is 0 Å². The van der Waals surface area contributed by atoms with Gasteiger partial charge in [-0.1, -0.05) is 27.7 Å². The van der Waals surface area contributed by atoms with E-state index >= 15 is 0 Å². The summed E-state index contributed by atoms with van der Waals surface area (Å²) in [7, 11) is 0. The molecule has 0 amide bonds. The van der Waals surface area contributed by atoms with Crippen LogP contribution in [0.15, 0.2) is 4.99 Å². The van der Waals surface area contributed by atoms with Crippen LogP contribution in [0.2, 0.25) is 0 Å². The van der Waals surface area contributed by atoms with Gasteiger partial charge in [0.15, 0.2) is 5.96 Å². The van der Waals surface area contributed by atoms with E-state index in [0.29, 0.717) is 5.41 Å². The molecule has 15 heavy (non-hydrogen) atoms. The molecular weight excluding hydrogens is 186 g/mol. The van der Waals surface area contributed by atoms with Gasteiger partial charge in [-0.15, -0.1) is 0 Å². The van der Waals surface area contributed by atoms with Crippen LogP contribution in [-0.2, 0) is 0 Å². The highest BCUT2D eigenvalue weighted by molar-refractivity contribution is 5.79. The van der Waals surface area contributed by atoms with Gasteiger partial charge < -0.3 is 10.6 Å². The van der Waals surface area contributed by atoms with Crippen molar-refractivity contribution in [2.24, 2.45) is 10.4 Å². The molecule has 3 heteroatoms. The maximum absolute atomic E-state index is 4.45. The summed E-state index contributed by atoms with van der Waals surface area (Å²) in [6, 6.07) is 0. The van der Waals surface area contributed by atoms with Crippen molar-refractivity contribution in [1.29, 1.82) is 0 Å². The van der Waals surface area contributed by atoms with Gasteiger partial charge >= 0.3 is 0 Å². The van der Waals surface area contributed by atoms with E-state index in [1.165, 1.54) is 0 Å². The van der Waals surface area contributed by atoms with E-state index in [1.54, 1.807) is 0 Å². The molecule has 0 atom stereocenters. The van der Waals surface area contributed by atoms with Crippen LogP contribution in [-0.4, -0.2) is 25.6 Å². The lowest BCUT2D eigenvalue weighted by atomic mass is 9.92. The Morgan fingerprint density at radius 1 is 1.13 bits per heavy atom. The van der Waals surface area contributed by atoms with Gasteiger partial charge in [-0.3, -0.25) is 4.99 Å². The van der Waals surface area contributed by atoms with Crippen molar-refractivity contribution < 1.29 is 0 Å². The molecule has 0 aliphatic rings. The fourth-order valence-corrected chi connectivity index (χ4v) is 1.12. The van der Waals surface area contributed by atoms with E-state index in [2.05, 4.69) is 50.2 Å². The van der Waals surface area contributed by atoms with Crippen LogP contribution in [0.4, 0.5) is 0 Å². The van der Waals surface area contributed by atoms with E-state index in [-0.39, 0.29) is 0 Å². The molecule has 0 saturated carbocycles. The molecule has 0 saturated heterocycles. The molecule has 0 fully saturated rings. The molecule has 0 aromatic rings. The molecule has 0 rings (SSSR count). The van der Waals surface area contributed by atoms with Crippen molar-refractivity contribution in [1.82, 2.24) is 10.6 Å². The van der Waals surface area contributed by atoms with Gasteiger partial charge in [-0.25, -0.2) is 0 Å².